The number of hydrogen-bond acceptors (Lipinski definition) is 3. The summed E-state index contributed by atoms with van der Waals surface area (Å²) in [5.74, 6) is 1.11. The van der Waals surface area contributed by atoms with E-state index >= 15 is 0 Å². The van der Waals surface area contributed by atoms with Crippen LogP contribution < -0.4 is 11.1 Å². The summed E-state index contributed by atoms with van der Waals surface area (Å²) in [7, 11) is 0. The van der Waals surface area contributed by atoms with E-state index in [-0.39, 0.29) is 5.91 Å². The van der Waals surface area contributed by atoms with Crippen molar-refractivity contribution in [1.29, 1.82) is 0 Å². The van der Waals surface area contributed by atoms with Gasteiger partial charge in [0.2, 0.25) is 5.91 Å². The third kappa shape index (κ3) is 5.04. The first-order chi connectivity index (χ1) is 8.02. The van der Waals surface area contributed by atoms with Crippen LogP contribution in [0.2, 0.25) is 0 Å². The summed E-state index contributed by atoms with van der Waals surface area (Å²) in [6.45, 7) is 10.1. The predicted molar refractivity (Wildman–Crippen MR) is 70.7 cm³/mol. The Morgan fingerprint density at radius 1 is 1.47 bits per heavy atom. The third-order valence-electron chi connectivity index (χ3n) is 3.56. The van der Waals surface area contributed by atoms with E-state index in [1.165, 1.54) is 6.42 Å². The maximum atomic E-state index is 11.0. The average molecular weight is 241 g/mol. The van der Waals surface area contributed by atoms with Crippen LogP contribution in [0.15, 0.2) is 0 Å². The van der Waals surface area contributed by atoms with Gasteiger partial charge in [0.25, 0.3) is 0 Å². The van der Waals surface area contributed by atoms with Gasteiger partial charge in [-0.25, -0.2) is 0 Å². The van der Waals surface area contributed by atoms with Crippen LogP contribution in [0.5, 0.6) is 0 Å². The SMILES string of the molecule is CCCNC1CC(C(C)C)CN(CC(N)=O)C1. The Hall–Kier alpha value is -0.610. The van der Waals surface area contributed by atoms with Crippen LogP contribution in [0, 0.1) is 11.8 Å². The van der Waals surface area contributed by atoms with Crippen molar-refractivity contribution < 1.29 is 4.79 Å². The molecule has 2 unspecified atom stereocenters. The van der Waals surface area contributed by atoms with E-state index < -0.39 is 0 Å². The number of nitrogens with two attached hydrogens (primary N) is 1. The average Bonchev–Trinajstić information content (AvgIpc) is 2.25. The highest BCUT2D eigenvalue weighted by Gasteiger charge is 2.29. The smallest absolute Gasteiger partial charge is 0.231 e. The minimum atomic E-state index is -0.219. The molecule has 0 bridgehead atoms. The summed E-state index contributed by atoms with van der Waals surface area (Å²) in [5.41, 5.74) is 5.29. The van der Waals surface area contributed by atoms with Gasteiger partial charge in [-0.1, -0.05) is 20.8 Å². The predicted octanol–water partition coefficient (Wildman–Crippen LogP) is 0.818. The second-order valence-electron chi connectivity index (χ2n) is 5.55. The zero-order chi connectivity index (χ0) is 12.8. The van der Waals surface area contributed by atoms with Crippen LogP contribution in [0.4, 0.5) is 0 Å². The molecule has 2 atom stereocenters. The van der Waals surface area contributed by atoms with E-state index in [0.29, 0.717) is 24.4 Å². The second-order valence-corrected chi connectivity index (χ2v) is 5.55. The van der Waals surface area contributed by atoms with Gasteiger partial charge in [0.1, 0.15) is 0 Å². The molecule has 0 radical (unpaired) electrons. The molecule has 4 heteroatoms. The van der Waals surface area contributed by atoms with Crippen LogP contribution in [0.3, 0.4) is 0 Å². The molecule has 0 aromatic rings. The second kappa shape index (κ2) is 6.97. The molecule has 1 heterocycles. The highest BCUT2D eigenvalue weighted by molar-refractivity contribution is 5.75. The molecule has 17 heavy (non-hydrogen) atoms. The van der Waals surface area contributed by atoms with Gasteiger partial charge < -0.3 is 11.1 Å². The molecular formula is C13H27N3O. The Labute approximate surface area is 105 Å². The highest BCUT2D eigenvalue weighted by atomic mass is 16.1. The van der Waals surface area contributed by atoms with Gasteiger partial charge in [-0.3, -0.25) is 9.69 Å². The first kappa shape index (κ1) is 14.5. The third-order valence-corrected chi connectivity index (χ3v) is 3.56. The van der Waals surface area contributed by atoms with E-state index in [2.05, 4.69) is 31.0 Å². The largest absolute Gasteiger partial charge is 0.369 e. The summed E-state index contributed by atoms with van der Waals surface area (Å²) < 4.78 is 0. The number of piperidine rings is 1. The first-order valence-electron chi connectivity index (χ1n) is 6.77. The summed E-state index contributed by atoms with van der Waals surface area (Å²) in [4.78, 5) is 13.2. The van der Waals surface area contributed by atoms with Crippen molar-refractivity contribution in [2.45, 2.75) is 39.7 Å². The Balaban J connectivity index is 2.52. The molecule has 1 aliphatic rings. The Kier molecular flexibility index (Phi) is 5.92. The fourth-order valence-electron chi connectivity index (χ4n) is 2.56. The maximum Gasteiger partial charge on any atom is 0.231 e. The van der Waals surface area contributed by atoms with Gasteiger partial charge in [-0.05, 0) is 31.2 Å². The zero-order valence-electron chi connectivity index (χ0n) is 11.4. The van der Waals surface area contributed by atoms with Crippen LogP contribution in [-0.4, -0.2) is 43.0 Å². The molecule has 0 aromatic heterocycles. The quantitative estimate of drug-likeness (QED) is 0.724. The van der Waals surface area contributed by atoms with E-state index in [1.54, 1.807) is 0 Å². The minimum absolute atomic E-state index is 0.219. The molecule has 0 aliphatic carbocycles. The molecule has 0 spiro atoms. The molecular weight excluding hydrogens is 214 g/mol. The number of rotatable bonds is 6. The Morgan fingerprint density at radius 2 is 2.18 bits per heavy atom. The Morgan fingerprint density at radius 3 is 2.71 bits per heavy atom. The monoisotopic (exact) mass is 241 g/mol. The lowest BCUT2D eigenvalue weighted by Crippen LogP contribution is -2.52. The molecule has 100 valence electrons. The van der Waals surface area contributed by atoms with Crippen molar-refractivity contribution in [2.75, 3.05) is 26.2 Å². The van der Waals surface area contributed by atoms with Crippen molar-refractivity contribution in [3.63, 3.8) is 0 Å². The van der Waals surface area contributed by atoms with Gasteiger partial charge in [0.05, 0.1) is 6.54 Å². The number of nitrogens with zero attached hydrogens (tertiary/aromatic N) is 1. The van der Waals surface area contributed by atoms with Gasteiger partial charge >= 0.3 is 0 Å². The number of hydrogen-bond donors (Lipinski definition) is 2. The number of amides is 1. The lowest BCUT2D eigenvalue weighted by molar-refractivity contribution is -0.119. The van der Waals surface area contributed by atoms with Crippen LogP contribution >= 0.6 is 0 Å². The van der Waals surface area contributed by atoms with Crippen molar-refractivity contribution >= 4 is 5.91 Å². The molecule has 1 fully saturated rings. The van der Waals surface area contributed by atoms with Crippen molar-refractivity contribution in [2.24, 2.45) is 17.6 Å². The van der Waals surface area contributed by atoms with Crippen LogP contribution in [0.1, 0.15) is 33.6 Å². The molecule has 0 saturated carbocycles. The number of likely N-dealkylation sites (tertiary alicyclic amines) is 1. The lowest BCUT2D eigenvalue weighted by atomic mass is 9.85. The first-order valence-corrected chi connectivity index (χ1v) is 6.77. The van der Waals surface area contributed by atoms with Gasteiger partial charge in [0.15, 0.2) is 0 Å². The summed E-state index contributed by atoms with van der Waals surface area (Å²) in [5, 5.41) is 3.57. The standard InChI is InChI=1S/C13H27N3O/c1-4-5-15-12-6-11(10(2)3)7-16(8-12)9-13(14)17/h10-12,15H,4-9H2,1-3H3,(H2,14,17). The fourth-order valence-corrected chi connectivity index (χ4v) is 2.56. The number of carbonyl (C=O) groups excluding carboxylic acids is 1. The molecule has 1 saturated heterocycles. The van der Waals surface area contributed by atoms with Crippen LogP contribution in [0.25, 0.3) is 0 Å². The van der Waals surface area contributed by atoms with Crippen LogP contribution in [-0.2, 0) is 4.79 Å². The number of nitrogens with one attached hydrogen (secondary N) is 1. The number of carbonyl (C=O) groups is 1. The zero-order valence-corrected chi connectivity index (χ0v) is 11.4. The number of primary amides is 1. The van der Waals surface area contributed by atoms with E-state index in [1.807, 2.05) is 0 Å². The normalized spacial score (nSPS) is 26.4. The summed E-state index contributed by atoms with van der Waals surface area (Å²) in [6.07, 6.45) is 2.37. The van der Waals surface area contributed by atoms with Gasteiger partial charge in [-0.15, -0.1) is 0 Å². The minimum Gasteiger partial charge on any atom is -0.369 e. The molecule has 4 nitrogen and oxygen atoms in total. The van der Waals surface area contributed by atoms with Gasteiger partial charge in [0, 0.05) is 19.1 Å². The van der Waals surface area contributed by atoms with Crippen molar-refractivity contribution in [3.05, 3.63) is 0 Å². The van der Waals surface area contributed by atoms with Crippen molar-refractivity contribution in [1.82, 2.24) is 10.2 Å². The highest BCUT2D eigenvalue weighted by Crippen LogP contribution is 2.23. The summed E-state index contributed by atoms with van der Waals surface area (Å²) in [6, 6.07) is 0.510. The Bertz CT molecular complexity index is 243. The van der Waals surface area contributed by atoms with Crippen molar-refractivity contribution in [3.8, 4) is 0 Å². The van der Waals surface area contributed by atoms with E-state index in [4.69, 9.17) is 5.73 Å². The molecule has 1 rings (SSSR count). The maximum absolute atomic E-state index is 11.0. The van der Waals surface area contributed by atoms with Gasteiger partial charge in [-0.2, -0.15) is 0 Å². The van der Waals surface area contributed by atoms with E-state index in [9.17, 15) is 4.79 Å². The fraction of sp³-hybridized carbons (Fsp3) is 0.923. The molecule has 3 N–H and O–H groups in total. The molecule has 1 amide bonds. The summed E-state index contributed by atoms with van der Waals surface area (Å²) >= 11 is 0. The van der Waals surface area contributed by atoms with E-state index in [0.717, 1.165) is 26.1 Å². The molecule has 1 aliphatic heterocycles. The topological polar surface area (TPSA) is 58.4 Å². The molecule has 0 aromatic carbocycles. The lowest BCUT2D eigenvalue weighted by Gasteiger charge is -2.39.